The van der Waals surface area contributed by atoms with Crippen LogP contribution in [-0.2, 0) is 11.8 Å². The zero-order valence-corrected chi connectivity index (χ0v) is 17.9. The molecule has 0 spiro atoms. The molecule has 1 N–H and O–H groups in total. The van der Waals surface area contributed by atoms with E-state index in [9.17, 15) is 0 Å². The van der Waals surface area contributed by atoms with Gasteiger partial charge in [0.05, 0.1) is 24.1 Å². The van der Waals surface area contributed by atoms with Gasteiger partial charge in [0.2, 0.25) is 0 Å². The van der Waals surface area contributed by atoms with Crippen LogP contribution in [0.1, 0.15) is 42.7 Å². The summed E-state index contributed by atoms with van der Waals surface area (Å²) in [4.78, 5) is 0. The van der Waals surface area contributed by atoms with Crippen molar-refractivity contribution in [2.24, 2.45) is 24.8 Å². The molecule has 3 aliphatic rings. The van der Waals surface area contributed by atoms with Crippen molar-refractivity contribution >= 4 is 10.9 Å². The number of nitrogens with zero attached hydrogens (tertiary/aromatic N) is 4. The van der Waals surface area contributed by atoms with Crippen molar-refractivity contribution in [1.82, 2.24) is 24.9 Å². The first-order valence-corrected chi connectivity index (χ1v) is 11.5. The Hall–Kier alpha value is -2.18. The molecular formula is C24H31N5O. The quantitative estimate of drug-likeness (QED) is 0.724. The summed E-state index contributed by atoms with van der Waals surface area (Å²) in [5.41, 5.74) is 5.15. The van der Waals surface area contributed by atoms with E-state index in [1.807, 2.05) is 35.0 Å². The molecule has 6 nitrogen and oxygen atoms in total. The predicted octanol–water partition coefficient (Wildman–Crippen LogP) is 3.58. The highest BCUT2D eigenvalue weighted by atomic mass is 16.5. The van der Waals surface area contributed by atoms with Gasteiger partial charge in [0, 0.05) is 31.7 Å². The molecule has 0 unspecified atom stereocenters. The zero-order chi connectivity index (χ0) is 20.2. The SMILES string of the molecule is Cc1cc2cnn(-c3cnn(C)c3)c2cc1[C@@H]1C[C@H]2CN[C@H](C3CCOCC3)[C@@H]2C1. The van der Waals surface area contributed by atoms with E-state index < -0.39 is 0 Å². The van der Waals surface area contributed by atoms with Crippen LogP contribution < -0.4 is 5.32 Å². The lowest BCUT2D eigenvalue weighted by molar-refractivity contribution is 0.0496. The van der Waals surface area contributed by atoms with Crippen molar-refractivity contribution < 1.29 is 4.74 Å². The standard InChI is InChI=1S/C24H31N5O/c1-15-7-19-12-27-29(20-13-26-28(2)14-20)23(19)10-21(15)17-8-18-11-25-24(22(18)9-17)16-3-5-30-6-4-16/h7,10,12-14,16-18,22,24-25H,3-6,8-9,11H2,1-2H3/t17-,18+,22-,24-/m1/s1. The van der Waals surface area contributed by atoms with Crippen LogP contribution in [0.15, 0.2) is 30.7 Å². The van der Waals surface area contributed by atoms with Crippen molar-refractivity contribution in [1.29, 1.82) is 0 Å². The van der Waals surface area contributed by atoms with E-state index in [0.717, 1.165) is 36.7 Å². The Morgan fingerprint density at radius 1 is 1.07 bits per heavy atom. The van der Waals surface area contributed by atoms with Crippen molar-refractivity contribution in [3.05, 3.63) is 41.9 Å². The Morgan fingerprint density at radius 3 is 2.73 bits per heavy atom. The molecule has 4 atom stereocenters. The normalized spacial score (nSPS) is 29.7. The molecule has 4 heterocycles. The number of aryl methyl sites for hydroxylation is 2. The lowest BCUT2D eigenvalue weighted by atomic mass is 9.81. The third-order valence-corrected chi connectivity index (χ3v) is 7.93. The van der Waals surface area contributed by atoms with Gasteiger partial charge >= 0.3 is 0 Å². The maximum absolute atomic E-state index is 5.62. The highest BCUT2D eigenvalue weighted by Crippen LogP contribution is 2.49. The fourth-order valence-electron chi connectivity index (χ4n) is 6.48. The van der Waals surface area contributed by atoms with Crippen LogP contribution in [0.25, 0.3) is 16.6 Å². The van der Waals surface area contributed by atoms with Gasteiger partial charge in [0.25, 0.3) is 0 Å². The highest BCUT2D eigenvalue weighted by Gasteiger charge is 2.46. The van der Waals surface area contributed by atoms with Gasteiger partial charge in [-0.05, 0) is 86.1 Å². The Bertz CT molecular complexity index is 1060. The van der Waals surface area contributed by atoms with Gasteiger partial charge in [-0.15, -0.1) is 0 Å². The van der Waals surface area contributed by atoms with Crippen LogP contribution in [0, 0.1) is 24.7 Å². The molecule has 6 heteroatoms. The molecular weight excluding hydrogens is 374 g/mol. The number of hydrogen-bond donors (Lipinski definition) is 1. The van der Waals surface area contributed by atoms with E-state index >= 15 is 0 Å². The van der Waals surface area contributed by atoms with Crippen molar-refractivity contribution in [3.8, 4) is 5.69 Å². The summed E-state index contributed by atoms with van der Waals surface area (Å²) in [7, 11) is 1.95. The molecule has 2 saturated heterocycles. The van der Waals surface area contributed by atoms with E-state index in [2.05, 4.69) is 34.6 Å². The molecule has 0 amide bonds. The fourth-order valence-corrected chi connectivity index (χ4v) is 6.48. The summed E-state index contributed by atoms with van der Waals surface area (Å²) in [6.45, 7) is 5.35. The van der Waals surface area contributed by atoms with E-state index in [1.165, 1.54) is 54.3 Å². The third kappa shape index (κ3) is 3.00. The number of hydrogen-bond acceptors (Lipinski definition) is 4. The lowest BCUT2D eigenvalue weighted by Crippen LogP contribution is -2.38. The average Bonchev–Trinajstić information content (AvgIpc) is 3.51. The summed E-state index contributed by atoms with van der Waals surface area (Å²) in [6.07, 6.45) is 11.0. The summed E-state index contributed by atoms with van der Waals surface area (Å²) in [5, 5.41) is 14.1. The number of rotatable bonds is 3. The minimum Gasteiger partial charge on any atom is -0.381 e. The number of aromatic nitrogens is 4. The first-order valence-electron chi connectivity index (χ1n) is 11.5. The smallest absolute Gasteiger partial charge is 0.103 e. The van der Waals surface area contributed by atoms with Gasteiger partial charge in [-0.1, -0.05) is 0 Å². The van der Waals surface area contributed by atoms with E-state index in [4.69, 9.17) is 4.74 Å². The molecule has 3 fully saturated rings. The molecule has 0 bridgehead atoms. The second-order valence-corrected chi connectivity index (χ2v) is 9.67. The Balaban J connectivity index is 1.30. The predicted molar refractivity (Wildman–Crippen MR) is 117 cm³/mol. The number of benzene rings is 1. The summed E-state index contributed by atoms with van der Waals surface area (Å²) >= 11 is 0. The Kier molecular flexibility index (Phi) is 4.46. The first-order chi connectivity index (χ1) is 14.7. The van der Waals surface area contributed by atoms with E-state index in [1.54, 1.807) is 0 Å². The van der Waals surface area contributed by atoms with E-state index in [0.29, 0.717) is 12.0 Å². The minimum absolute atomic E-state index is 0.658. The first kappa shape index (κ1) is 18.6. The molecule has 30 heavy (non-hydrogen) atoms. The van der Waals surface area contributed by atoms with Crippen molar-refractivity contribution in [3.63, 3.8) is 0 Å². The highest BCUT2D eigenvalue weighted by molar-refractivity contribution is 5.82. The molecule has 1 saturated carbocycles. The van der Waals surface area contributed by atoms with Crippen molar-refractivity contribution in [2.75, 3.05) is 19.8 Å². The summed E-state index contributed by atoms with van der Waals surface area (Å²) < 4.78 is 9.49. The zero-order valence-electron chi connectivity index (χ0n) is 17.9. The second kappa shape index (κ2) is 7.20. The maximum Gasteiger partial charge on any atom is 0.103 e. The molecule has 2 aromatic heterocycles. The second-order valence-electron chi connectivity index (χ2n) is 9.67. The van der Waals surface area contributed by atoms with Crippen LogP contribution in [-0.4, -0.2) is 45.4 Å². The minimum atomic E-state index is 0.658. The van der Waals surface area contributed by atoms with Gasteiger partial charge in [-0.25, -0.2) is 4.68 Å². The molecule has 3 aromatic rings. The Labute approximate surface area is 177 Å². The molecule has 1 aliphatic carbocycles. The van der Waals surface area contributed by atoms with Crippen molar-refractivity contribution in [2.45, 2.75) is 44.6 Å². The third-order valence-electron chi connectivity index (χ3n) is 7.93. The topological polar surface area (TPSA) is 56.9 Å². The fraction of sp³-hybridized carbons (Fsp3) is 0.583. The number of fused-ring (bicyclic) bond motifs is 2. The molecule has 6 rings (SSSR count). The molecule has 1 aromatic carbocycles. The molecule has 0 radical (unpaired) electrons. The number of nitrogens with one attached hydrogen (secondary N) is 1. The maximum atomic E-state index is 5.62. The monoisotopic (exact) mass is 405 g/mol. The van der Waals surface area contributed by atoms with Gasteiger partial charge < -0.3 is 10.1 Å². The average molecular weight is 406 g/mol. The lowest BCUT2D eigenvalue weighted by Gasteiger charge is -2.31. The van der Waals surface area contributed by atoms with Gasteiger partial charge in [-0.3, -0.25) is 4.68 Å². The molecule has 2 aliphatic heterocycles. The van der Waals surface area contributed by atoms with Gasteiger partial charge in [0.15, 0.2) is 0 Å². The van der Waals surface area contributed by atoms with Crippen LogP contribution >= 0.6 is 0 Å². The van der Waals surface area contributed by atoms with E-state index in [-0.39, 0.29) is 0 Å². The number of ether oxygens (including phenoxy) is 1. The Morgan fingerprint density at radius 2 is 1.93 bits per heavy atom. The summed E-state index contributed by atoms with van der Waals surface area (Å²) in [6, 6.07) is 5.42. The van der Waals surface area contributed by atoms with Crippen LogP contribution in [0.5, 0.6) is 0 Å². The van der Waals surface area contributed by atoms with Gasteiger partial charge in [-0.2, -0.15) is 10.2 Å². The van der Waals surface area contributed by atoms with Crippen LogP contribution in [0.3, 0.4) is 0 Å². The summed E-state index contributed by atoms with van der Waals surface area (Å²) in [5.74, 6) is 3.09. The molecule has 158 valence electrons. The van der Waals surface area contributed by atoms with Crippen LogP contribution in [0.2, 0.25) is 0 Å². The van der Waals surface area contributed by atoms with Crippen LogP contribution in [0.4, 0.5) is 0 Å². The largest absolute Gasteiger partial charge is 0.381 e. The van der Waals surface area contributed by atoms with Gasteiger partial charge in [0.1, 0.15) is 5.69 Å².